The van der Waals surface area contributed by atoms with E-state index in [-0.39, 0.29) is 24.3 Å². The summed E-state index contributed by atoms with van der Waals surface area (Å²) in [6.07, 6.45) is 0. The van der Waals surface area contributed by atoms with Crippen molar-refractivity contribution in [3.8, 4) is 0 Å². The number of rotatable bonds is 2. The average molecular weight is 215 g/mol. The molecule has 0 bridgehead atoms. The minimum absolute atomic E-state index is 0. The predicted octanol–water partition coefficient (Wildman–Crippen LogP) is -5.31. The van der Waals surface area contributed by atoms with Gasteiger partial charge in [-0.05, 0) is 12.1 Å². The first kappa shape index (κ1) is 12.2. The van der Waals surface area contributed by atoms with E-state index in [0.717, 1.165) is 0 Å². The minimum Gasteiger partial charge on any atom is -1.00 e. The topological polar surface area (TPSA) is 95.1 Å². The van der Waals surface area contributed by atoms with Crippen LogP contribution in [-0.4, -0.2) is 11.9 Å². The first-order valence-corrected chi connectivity index (χ1v) is 3.69. The number of amides is 1. The summed E-state index contributed by atoms with van der Waals surface area (Å²) in [4.78, 5) is 11.3. The second kappa shape index (κ2) is 5.82. The van der Waals surface area contributed by atoms with Gasteiger partial charge in [0.25, 0.3) is 5.91 Å². The molecule has 0 atom stereocenters. The molecule has 0 aliphatic heterocycles. The maximum Gasteiger partial charge on any atom is 0.360 e. The van der Waals surface area contributed by atoms with Crippen LogP contribution < -0.4 is 34.4 Å². The van der Waals surface area contributed by atoms with E-state index < -0.39 is 0 Å². The molecule has 0 heterocycles. The highest BCUT2D eigenvalue weighted by Gasteiger charge is 2.02. The van der Waals surface area contributed by atoms with Crippen molar-refractivity contribution in [1.82, 2.24) is 5.43 Å². The second-order valence-electron chi connectivity index (χ2n) is 2.40. The molecule has 1 aromatic rings. The lowest BCUT2D eigenvalue weighted by molar-refractivity contribution is -0.510. The Morgan fingerprint density at radius 2 is 1.79 bits per heavy atom. The number of hydrogen-bond donors (Lipinski definition) is 4. The van der Waals surface area contributed by atoms with E-state index in [1.807, 2.05) is 6.07 Å². The second-order valence-corrected chi connectivity index (χ2v) is 2.40. The average Bonchev–Trinajstić information content (AvgIpc) is 2.15. The van der Waals surface area contributed by atoms with Gasteiger partial charge in [0.05, 0.1) is 0 Å². The Balaban J connectivity index is 0.00000169. The zero-order valence-corrected chi connectivity index (χ0v) is 8.08. The van der Waals surface area contributed by atoms with Gasteiger partial charge in [0, 0.05) is 5.56 Å². The Morgan fingerprint density at radius 1 is 1.21 bits per heavy atom. The first-order valence-electron chi connectivity index (χ1n) is 3.69. The van der Waals surface area contributed by atoms with E-state index in [1.54, 1.807) is 24.3 Å². The van der Waals surface area contributed by atoms with Crippen LogP contribution in [0.3, 0.4) is 0 Å². The third kappa shape index (κ3) is 3.77. The number of halogens is 1. The minimum atomic E-state index is -0.283. The summed E-state index contributed by atoms with van der Waals surface area (Å²) in [5.41, 5.74) is 13.0. The van der Waals surface area contributed by atoms with Gasteiger partial charge in [0.15, 0.2) is 0 Å². The number of hydrogen-bond acceptors (Lipinski definition) is 1. The fraction of sp³-hybridized carbons (Fsp3) is 0. The molecule has 76 valence electrons. The fourth-order valence-electron chi connectivity index (χ4n) is 0.791. The van der Waals surface area contributed by atoms with Gasteiger partial charge in [-0.15, -0.1) is 0 Å². The van der Waals surface area contributed by atoms with Crippen LogP contribution >= 0.6 is 0 Å². The van der Waals surface area contributed by atoms with Crippen LogP contribution in [0.4, 0.5) is 0 Å². The zero-order chi connectivity index (χ0) is 9.68. The number of nitrogens with two attached hydrogens (primary N) is 2. The van der Waals surface area contributed by atoms with Crippen LogP contribution in [0.1, 0.15) is 10.4 Å². The maximum atomic E-state index is 11.3. The fourth-order valence-corrected chi connectivity index (χ4v) is 0.791. The molecular weight excluding hydrogens is 204 g/mol. The van der Waals surface area contributed by atoms with Crippen molar-refractivity contribution in [2.45, 2.75) is 0 Å². The molecule has 0 aliphatic rings. The molecule has 0 aromatic heterocycles. The SMILES string of the molecule is NC(N)=[NH+]NC(=O)c1ccccc1.[Cl-]. The summed E-state index contributed by atoms with van der Waals surface area (Å²) in [6, 6.07) is 8.73. The van der Waals surface area contributed by atoms with Crippen molar-refractivity contribution >= 4 is 11.9 Å². The lowest BCUT2D eigenvalue weighted by atomic mass is 10.2. The number of hydrazone groups is 1. The summed E-state index contributed by atoms with van der Waals surface area (Å²) >= 11 is 0. The normalized spacial score (nSPS) is 8.29. The largest absolute Gasteiger partial charge is 1.00 e. The summed E-state index contributed by atoms with van der Waals surface area (Å²) in [6.45, 7) is 0. The summed E-state index contributed by atoms with van der Waals surface area (Å²) in [7, 11) is 0. The van der Waals surface area contributed by atoms with E-state index in [4.69, 9.17) is 11.5 Å². The first-order chi connectivity index (χ1) is 6.20. The Morgan fingerprint density at radius 3 is 2.29 bits per heavy atom. The third-order valence-electron chi connectivity index (χ3n) is 1.36. The number of nitrogens with one attached hydrogen (secondary N) is 2. The van der Waals surface area contributed by atoms with Gasteiger partial charge in [-0.2, -0.15) is 5.10 Å². The van der Waals surface area contributed by atoms with Gasteiger partial charge in [-0.1, -0.05) is 18.2 Å². The van der Waals surface area contributed by atoms with Crippen LogP contribution in [0, 0.1) is 0 Å². The van der Waals surface area contributed by atoms with Crippen molar-refractivity contribution in [3.63, 3.8) is 0 Å². The van der Waals surface area contributed by atoms with Crippen molar-refractivity contribution in [1.29, 1.82) is 0 Å². The van der Waals surface area contributed by atoms with E-state index >= 15 is 0 Å². The Bertz CT molecular complexity index is 321. The van der Waals surface area contributed by atoms with Crippen molar-refractivity contribution in [3.05, 3.63) is 35.9 Å². The molecule has 0 radical (unpaired) electrons. The molecule has 1 rings (SSSR count). The maximum absolute atomic E-state index is 11.3. The molecule has 5 nitrogen and oxygen atoms in total. The van der Waals surface area contributed by atoms with Crippen LogP contribution in [0.25, 0.3) is 0 Å². The molecule has 0 unspecified atom stereocenters. The number of guanidine groups is 1. The molecule has 0 saturated heterocycles. The summed E-state index contributed by atoms with van der Waals surface area (Å²) in [5, 5.41) is 2.32. The van der Waals surface area contributed by atoms with Gasteiger partial charge >= 0.3 is 5.96 Å². The molecule has 6 heteroatoms. The molecule has 14 heavy (non-hydrogen) atoms. The van der Waals surface area contributed by atoms with Crippen molar-refractivity contribution in [2.75, 3.05) is 0 Å². The molecule has 6 N–H and O–H groups in total. The predicted molar refractivity (Wildman–Crippen MR) is 48.3 cm³/mol. The lowest BCUT2D eigenvalue weighted by Gasteiger charge is -1.97. The molecule has 0 saturated carbocycles. The lowest BCUT2D eigenvalue weighted by Crippen LogP contribution is -3.00. The highest BCUT2D eigenvalue weighted by atomic mass is 35.5. The van der Waals surface area contributed by atoms with Gasteiger partial charge in [-0.3, -0.25) is 16.3 Å². The van der Waals surface area contributed by atoms with Crippen LogP contribution in [0.2, 0.25) is 0 Å². The number of carbonyl (C=O) groups excluding carboxylic acids is 1. The number of carbonyl (C=O) groups is 1. The van der Waals surface area contributed by atoms with Gasteiger partial charge in [-0.25, -0.2) is 5.43 Å². The molecule has 0 aliphatic carbocycles. The zero-order valence-electron chi connectivity index (χ0n) is 7.33. The molecule has 0 spiro atoms. The van der Waals surface area contributed by atoms with Gasteiger partial charge in [0.1, 0.15) is 0 Å². The number of hydrazine groups is 1. The third-order valence-corrected chi connectivity index (χ3v) is 1.36. The molecule has 1 aromatic carbocycles. The van der Waals surface area contributed by atoms with Crippen molar-refractivity contribution < 1.29 is 22.3 Å². The summed E-state index contributed by atoms with van der Waals surface area (Å²) in [5.74, 6) is -0.335. The molecule has 1 amide bonds. The Hall–Kier alpha value is -1.75. The smallest absolute Gasteiger partial charge is 0.360 e. The van der Waals surface area contributed by atoms with Crippen LogP contribution in [-0.2, 0) is 0 Å². The standard InChI is InChI=1S/C8H10N4O.ClH/c9-8(10)12-11-7(13)6-4-2-1-3-5-6;/h1-5H,(H,11,13)(H4,9,10,12);1H. The van der Waals surface area contributed by atoms with E-state index in [1.165, 1.54) is 0 Å². The van der Waals surface area contributed by atoms with E-state index in [0.29, 0.717) is 5.56 Å². The Kier molecular flexibility index (Phi) is 5.09. The summed E-state index contributed by atoms with van der Waals surface area (Å²) < 4.78 is 0. The van der Waals surface area contributed by atoms with Gasteiger partial charge < -0.3 is 12.4 Å². The van der Waals surface area contributed by atoms with Crippen molar-refractivity contribution in [2.24, 2.45) is 11.5 Å². The van der Waals surface area contributed by atoms with E-state index in [2.05, 4.69) is 10.5 Å². The van der Waals surface area contributed by atoms with Gasteiger partial charge in [0.2, 0.25) is 0 Å². The monoisotopic (exact) mass is 214 g/mol. The Labute approximate surface area is 87.6 Å². The highest BCUT2D eigenvalue weighted by Crippen LogP contribution is 1.95. The van der Waals surface area contributed by atoms with Crippen LogP contribution in [0.15, 0.2) is 30.3 Å². The molecular formula is C8H11ClN4O. The highest BCUT2D eigenvalue weighted by molar-refractivity contribution is 5.93. The van der Waals surface area contributed by atoms with Crippen LogP contribution in [0.5, 0.6) is 0 Å². The molecule has 0 fully saturated rings. The van der Waals surface area contributed by atoms with E-state index in [9.17, 15) is 4.79 Å². The number of benzene rings is 1. The quantitative estimate of drug-likeness (QED) is 0.225.